The van der Waals surface area contributed by atoms with Crippen LogP contribution < -0.4 is 10.6 Å². The molecule has 0 aromatic rings. The molecule has 4 nitrogen and oxygen atoms in total. The highest BCUT2D eigenvalue weighted by Gasteiger charge is 2.16. The Bertz CT molecular complexity index is 237. The predicted octanol–water partition coefficient (Wildman–Crippen LogP) is 1.68. The SMILES string of the molecule is CC(C)CCOCCNC(=O)CC1CSCCN1.Cl. The number of ether oxygens (including phenoxy) is 1. The molecular formula is C13H27ClN2O2S. The van der Waals surface area contributed by atoms with Crippen LogP contribution in [0.5, 0.6) is 0 Å². The van der Waals surface area contributed by atoms with Crippen LogP contribution in [0.3, 0.4) is 0 Å². The van der Waals surface area contributed by atoms with Crippen molar-refractivity contribution in [2.24, 2.45) is 5.92 Å². The van der Waals surface area contributed by atoms with E-state index in [1.54, 1.807) is 0 Å². The standard InChI is InChI=1S/C13H26N2O2S.ClH/c1-11(2)3-6-17-7-4-15-13(16)9-12-10-18-8-5-14-12;/h11-12,14H,3-10H2,1-2H3,(H,15,16);1H. The molecule has 1 heterocycles. The van der Waals surface area contributed by atoms with Gasteiger partial charge in [-0.3, -0.25) is 4.79 Å². The molecule has 1 atom stereocenters. The van der Waals surface area contributed by atoms with Crippen LogP contribution in [-0.4, -0.2) is 49.8 Å². The van der Waals surface area contributed by atoms with E-state index in [2.05, 4.69) is 24.5 Å². The third-order valence-electron chi connectivity index (χ3n) is 2.84. The monoisotopic (exact) mass is 310 g/mol. The van der Waals surface area contributed by atoms with Crippen molar-refractivity contribution in [2.75, 3.05) is 37.8 Å². The highest BCUT2D eigenvalue weighted by Crippen LogP contribution is 2.09. The summed E-state index contributed by atoms with van der Waals surface area (Å²) in [7, 11) is 0. The number of halogens is 1. The molecule has 1 aliphatic rings. The second-order valence-corrected chi connectivity index (χ2v) is 6.22. The Hall–Kier alpha value is 0.0300. The van der Waals surface area contributed by atoms with Crippen molar-refractivity contribution >= 4 is 30.1 Å². The van der Waals surface area contributed by atoms with Crippen LogP contribution in [0.2, 0.25) is 0 Å². The van der Waals surface area contributed by atoms with E-state index >= 15 is 0 Å². The quantitative estimate of drug-likeness (QED) is 0.670. The lowest BCUT2D eigenvalue weighted by molar-refractivity contribution is -0.121. The molecule has 0 saturated carbocycles. The maximum absolute atomic E-state index is 11.6. The summed E-state index contributed by atoms with van der Waals surface area (Å²) in [6.07, 6.45) is 1.66. The van der Waals surface area contributed by atoms with E-state index in [-0.39, 0.29) is 18.3 Å². The zero-order valence-electron chi connectivity index (χ0n) is 11.9. The van der Waals surface area contributed by atoms with Crippen LogP contribution in [0.25, 0.3) is 0 Å². The minimum Gasteiger partial charge on any atom is -0.380 e. The molecule has 1 unspecified atom stereocenters. The van der Waals surface area contributed by atoms with Crippen LogP contribution >= 0.6 is 24.2 Å². The number of amides is 1. The van der Waals surface area contributed by atoms with Crippen molar-refractivity contribution in [3.63, 3.8) is 0 Å². The molecule has 1 aliphatic heterocycles. The molecule has 0 aromatic carbocycles. The van der Waals surface area contributed by atoms with Gasteiger partial charge in [-0.2, -0.15) is 11.8 Å². The van der Waals surface area contributed by atoms with Gasteiger partial charge in [0.2, 0.25) is 5.91 Å². The molecule has 0 bridgehead atoms. The molecule has 2 N–H and O–H groups in total. The molecule has 1 saturated heterocycles. The van der Waals surface area contributed by atoms with Gasteiger partial charge in [0.15, 0.2) is 0 Å². The van der Waals surface area contributed by atoms with Gasteiger partial charge in [0.1, 0.15) is 0 Å². The lowest BCUT2D eigenvalue weighted by Crippen LogP contribution is -2.41. The van der Waals surface area contributed by atoms with E-state index in [1.165, 1.54) is 0 Å². The van der Waals surface area contributed by atoms with Crippen molar-refractivity contribution in [2.45, 2.75) is 32.7 Å². The summed E-state index contributed by atoms with van der Waals surface area (Å²) in [5.74, 6) is 3.00. The second-order valence-electron chi connectivity index (χ2n) is 5.07. The number of carbonyl (C=O) groups is 1. The Morgan fingerprint density at radius 1 is 1.47 bits per heavy atom. The van der Waals surface area contributed by atoms with E-state index in [4.69, 9.17) is 4.74 Å². The summed E-state index contributed by atoms with van der Waals surface area (Å²) in [6, 6.07) is 0.339. The maximum Gasteiger partial charge on any atom is 0.221 e. The normalized spacial score (nSPS) is 19.0. The van der Waals surface area contributed by atoms with Gasteiger partial charge in [-0.1, -0.05) is 13.8 Å². The Labute approximate surface area is 127 Å². The molecule has 0 spiro atoms. The Morgan fingerprint density at radius 3 is 2.89 bits per heavy atom. The average molecular weight is 311 g/mol. The average Bonchev–Trinajstić information content (AvgIpc) is 2.34. The van der Waals surface area contributed by atoms with Gasteiger partial charge in [0.25, 0.3) is 0 Å². The van der Waals surface area contributed by atoms with Crippen molar-refractivity contribution in [1.29, 1.82) is 0 Å². The summed E-state index contributed by atoms with van der Waals surface area (Å²) < 4.78 is 5.45. The third kappa shape index (κ3) is 10.5. The van der Waals surface area contributed by atoms with E-state index < -0.39 is 0 Å². The number of hydrogen-bond donors (Lipinski definition) is 2. The number of nitrogens with one attached hydrogen (secondary N) is 2. The highest BCUT2D eigenvalue weighted by atomic mass is 35.5. The maximum atomic E-state index is 11.6. The fourth-order valence-corrected chi connectivity index (χ4v) is 2.68. The minimum absolute atomic E-state index is 0. The van der Waals surface area contributed by atoms with Crippen LogP contribution in [0, 0.1) is 5.92 Å². The van der Waals surface area contributed by atoms with Gasteiger partial charge in [0, 0.05) is 43.7 Å². The van der Waals surface area contributed by atoms with Gasteiger partial charge in [-0.15, -0.1) is 12.4 Å². The Morgan fingerprint density at radius 2 is 2.26 bits per heavy atom. The van der Waals surface area contributed by atoms with Crippen LogP contribution in [0.4, 0.5) is 0 Å². The van der Waals surface area contributed by atoms with Gasteiger partial charge in [0.05, 0.1) is 6.61 Å². The summed E-state index contributed by atoms with van der Waals surface area (Å²) >= 11 is 1.92. The predicted molar refractivity (Wildman–Crippen MR) is 84.3 cm³/mol. The number of rotatable bonds is 8. The number of hydrogen-bond acceptors (Lipinski definition) is 4. The first-order valence-corrected chi connectivity index (χ1v) is 7.99. The number of thioether (sulfide) groups is 1. The Kier molecular flexibility index (Phi) is 11.8. The molecule has 0 aromatic heterocycles. The van der Waals surface area contributed by atoms with Crippen molar-refractivity contribution in [1.82, 2.24) is 10.6 Å². The fraction of sp³-hybridized carbons (Fsp3) is 0.923. The zero-order chi connectivity index (χ0) is 13.2. The highest BCUT2D eigenvalue weighted by molar-refractivity contribution is 7.99. The fourth-order valence-electron chi connectivity index (χ4n) is 1.73. The van der Waals surface area contributed by atoms with Gasteiger partial charge < -0.3 is 15.4 Å². The van der Waals surface area contributed by atoms with Crippen molar-refractivity contribution < 1.29 is 9.53 Å². The van der Waals surface area contributed by atoms with Crippen molar-refractivity contribution in [3.05, 3.63) is 0 Å². The summed E-state index contributed by atoms with van der Waals surface area (Å²) in [6.45, 7) is 7.40. The van der Waals surface area contributed by atoms with Crippen LogP contribution in [-0.2, 0) is 9.53 Å². The lowest BCUT2D eigenvalue weighted by Gasteiger charge is -2.22. The summed E-state index contributed by atoms with van der Waals surface area (Å²) in [4.78, 5) is 11.6. The first kappa shape index (κ1) is 19.0. The Balaban J connectivity index is 0.00000324. The molecule has 19 heavy (non-hydrogen) atoms. The first-order chi connectivity index (χ1) is 8.68. The molecule has 1 amide bonds. The molecule has 1 rings (SSSR count). The van der Waals surface area contributed by atoms with E-state index in [0.717, 1.165) is 31.1 Å². The van der Waals surface area contributed by atoms with E-state index in [9.17, 15) is 4.79 Å². The molecule has 114 valence electrons. The van der Waals surface area contributed by atoms with E-state index in [1.807, 2.05) is 11.8 Å². The lowest BCUT2D eigenvalue weighted by atomic mass is 10.1. The third-order valence-corrected chi connectivity index (χ3v) is 3.97. The molecule has 1 fully saturated rings. The molecule has 6 heteroatoms. The van der Waals surface area contributed by atoms with E-state index in [0.29, 0.717) is 31.5 Å². The summed E-state index contributed by atoms with van der Waals surface area (Å²) in [5.41, 5.74) is 0. The van der Waals surface area contributed by atoms with Gasteiger partial charge in [-0.05, 0) is 12.3 Å². The smallest absolute Gasteiger partial charge is 0.221 e. The molecular weight excluding hydrogens is 284 g/mol. The topological polar surface area (TPSA) is 50.4 Å². The second kappa shape index (κ2) is 11.8. The van der Waals surface area contributed by atoms with Crippen molar-refractivity contribution in [3.8, 4) is 0 Å². The van der Waals surface area contributed by atoms with Gasteiger partial charge in [-0.25, -0.2) is 0 Å². The van der Waals surface area contributed by atoms with Gasteiger partial charge >= 0.3 is 0 Å². The zero-order valence-corrected chi connectivity index (χ0v) is 13.6. The molecule has 0 radical (unpaired) electrons. The summed E-state index contributed by atoms with van der Waals surface area (Å²) in [5, 5.41) is 6.27. The first-order valence-electron chi connectivity index (χ1n) is 6.84. The number of carbonyl (C=O) groups excluding carboxylic acids is 1. The largest absolute Gasteiger partial charge is 0.380 e. The van der Waals surface area contributed by atoms with Crippen LogP contribution in [0.1, 0.15) is 26.7 Å². The molecule has 0 aliphatic carbocycles. The minimum atomic E-state index is 0. The van der Waals surface area contributed by atoms with Crippen LogP contribution in [0.15, 0.2) is 0 Å².